The molecule has 1 aromatic heterocycles. The number of halogens is 2. The number of likely N-dealkylation sites (N-methyl/N-ethyl adjacent to an activating group) is 1. The topological polar surface area (TPSA) is 28.4 Å². The van der Waals surface area contributed by atoms with E-state index in [2.05, 4.69) is 10.2 Å². The summed E-state index contributed by atoms with van der Waals surface area (Å²) in [5.41, 5.74) is 0.865. The van der Waals surface area contributed by atoms with Crippen LogP contribution in [0.25, 0.3) is 0 Å². The second-order valence-electron chi connectivity index (χ2n) is 4.87. The van der Waals surface area contributed by atoms with Crippen molar-refractivity contribution in [2.45, 2.75) is 12.6 Å². The number of hydrogen-bond acceptors (Lipinski definition) is 3. The fourth-order valence-corrected chi connectivity index (χ4v) is 2.14. The van der Waals surface area contributed by atoms with Gasteiger partial charge in [-0.25, -0.2) is 4.39 Å². The summed E-state index contributed by atoms with van der Waals surface area (Å²) in [5.74, 6) is 0.519. The summed E-state index contributed by atoms with van der Waals surface area (Å²) < 4.78 is 18.8. The molecule has 0 saturated heterocycles. The maximum atomic E-state index is 13.3. The van der Waals surface area contributed by atoms with Gasteiger partial charge in [-0.1, -0.05) is 17.7 Å². The number of hydrogen-bond donors (Lipinski definition) is 1. The van der Waals surface area contributed by atoms with Crippen LogP contribution >= 0.6 is 11.6 Å². The Morgan fingerprint density at radius 3 is 2.75 bits per heavy atom. The number of nitrogens with zero attached hydrogens (tertiary/aromatic N) is 1. The minimum Gasteiger partial charge on any atom is -0.468 e. The lowest BCUT2D eigenvalue weighted by atomic mass is 10.2. The van der Waals surface area contributed by atoms with Gasteiger partial charge in [-0.05, 0) is 43.9 Å². The minimum atomic E-state index is -0.388. The molecule has 1 aromatic carbocycles. The van der Waals surface area contributed by atoms with Crippen LogP contribution in [-0.4, -0.2) is 25.5 Å². The van der Waals surface area contributed by atoms with E-state index in [1.165, 1.54) is 6.07 Å². The zero-order valence-electron chi connectivity index (χ0n) is 11.6. The van der Waals surface area contributed by atoms with Gasteiger partial charge in [0.1, 0.15) is 11.6 Å². The molecule has 1 N–H and O–H groups in total. The molecule has 0 amide bonds. The van der Waals surface area contributed by atoms with Crippen LogP contribution in [0, 0.1) is 5.82 Å². The molecule has 0 aliphatic carbocycles. The third-order valence-corrected chi connectivity index (χ3v) is 3.45. The number of furan rings is 1. The molecule has 108 valence electrons. The van der Waals surface area contributed by atoms with E-state index in [1.807, 2.05) is 32.3 Å². The average molecular weight is 297 g/mol. The van der Waals surface area contributed by atoms with Crippen LogP contribution in [0.15, 0.2) is 41.0 Å². The highest BCUT2D eigenvalue weighted by Crippen LogP contribution is 2.18. The molecule has 3 nitrogen and oxygen atoms in total. The highest BCUT2D eigenvalue weighted by atomic mass is 35.5. The van der Waals surface area contributed by atoms with Crippen molar-refractivity contribution in [3.63, 3.8) is 0 Å². The third-order valence-electron chi connectivity index (χ3n) is 3.15. The lowest BCUT2D eigenvalue weighted by Gasteiger charge is -2.22. The molecule has 5 heteroatoms. The molecule has 0 saturated carbocycles. The van der Waals surface area contributed by atoms with Crippen LogP contribution < -0.4 is 5.32 Å². The molecule has 0 aliphatic rings. The minimum absolute atomic E-state index is 0.141. The van der Waals surface area contributed by atoms with Crippen molar-refractivity contribution in [1.29, 1.82) is 0 Å². The Kier molecular flexibility index (Phi) is 5.17. The van der Waals surface area contributed by atoms with Crippen LogP contribution in [0.3, 0.4) is 0 Å². The molecule has 20 heavy (non-hydrogen) atoms. The maximum absolute atomic E-state index is 13.3. The van der Waals surface area contributed by atoms with E-state index in [0.717, 1.165) is 11.3 Å². The Balaban J connectivity index is 1.92. The first kappa shape index (κ1) is 15.0. The van der Waals surface area contributed by atoms with E-state index in [1.54, 1.807) is 12.3 Å². The summed E-state index contributed by atoms with van der Waals surface area (Å²) in [4.78, 5) is 2.08. The Morgan fingerprint density at radius 2 is 2.15 bits per heavy atom. The predicted molar refractivity (Wildman–Crippen MR) is 78.3 cm³/mol. The first-order valence-corrected chi connectivity index (χ1v) is 6.80. The van der Waals surface area contributed by atoms with E-state index in [9.17, 15) is 4.39 Å². The summed E-state index contributed by atoms with van der Waals surface area (Å²) in [7, 11) is 3.99. The zero-order valence-corrected chi connectivity index (χ0v) is 12.3. The van der Waals surface area contributed by atoms with Gasteiger partial charge in [0.25, 0.3) is 0 Å². The van der Waals surface area contributed by atoms with Gasteiger partial charge in [0.05, 0.1) is 17.3 Å². The fourth-order valence-electron chi connectivity index (χ4n) is 2.02. The van der Waals surface area contributed by atoms with Gasteiger partial charge >= 0.3 is 0 Å². The maximum Gasteiger partial charge on any atom is 0.142 e. The third kappa shape index (κ3) is 3.82. The van der Waals surface area contributed by atoms with Crippen LogP contribution in [-0.2, 0) is 6.54 Å². The molecular weight excluding hydrogens is 279 g/mol. The Labute approximate surface area is 123 Å². The largest absolute Gasteiger partial charge is 0.468 e. The van der Waals surface area contributed by atoms with Gasteiger partial charge in [-0.3, -0.25) is 4.90 Å². The Bertz CT molecular complexity index is 543. The smallest absolute Gasteiger partial charge is 0.142 e. The summed E-state index contributed by atoms with van der Waals surface area (Å²) >= 11 is 5.66. The molecule has 1 atom stereocenters. The Morgan fingerprint density at radius 1 is 1.35 bits per heavy atom. The summed E-state index contributed by atoms with van der Waals surface area (Å²) in [6.07, 6.45) is 1.67. The number of nitrogens with one attached hydrogen (secondary N) is 1. The van der Waals surface area contributed by atoms with E-state index < -0.39 is 0 Å². The molecular formula is C15H18ClFN2O. The lowest BCUT2D eigenvalue weighted by Crippen LogP contribution is -2.30. The zero-order chi connectivity index (χ0) is 14.5. The highest BCUT2D eigenvalue weighted by molar-refractivity contribution is 6.30. The fraction of sp³-hybridized carbons (Fsp3) is 0.333. The van der Waals surface area contributed by atoms with Crippen LogP contribution in [0.1, 0.15) is 17.4 Å². The van der Waals surface area contributed by atoms with Crippen LogP contribution in [0.5, 0.6) is 0 Å². The molecule has 1 unspecified atom stereocenters. The molecule has 0 aliphatic heterocycles. The van der Waals surface area contributed by atoms with Crippen molar-refractivity contribution in [3.05, 3.63) is 58.8 Å². The predicted octanol–water partition coefficient (Wildman–Crippen LogP) is 3.46. The van der Waals surface area contributed by atoms with Crippen molar-refractivity contribution in [3.8, 4) is 0 Å². The first-order valence-electron chi connectivity index (χ1n) is 6.42. The molecule has 0 radical (unpaired) electrons. The molecule has 0 fully saturated rings. The van der Waals surface area contributed by atoms with Gasteiger partial charge in [0.2, 0.25) is 0 Å². The first-order chi connectivity index (χ1) is 9.58. The summed E-state index contributed by atoms with van der Waals surface area (Å²) in [6.45, 7) is 1.30. The number of benzene rings is 1. The van der Waals surface area contributed by atoms with Crippen molar-refractivity contribution >= 4 is 11.6 Å². The second kappa shape index (κ2) is 6.88. The SMILES string of the molecule is CN(C)C(CNCc1ccc(Cl)c(F)c1)c1ccco1. The normalized spacial score (nSPS) is 12.8. The molecule has 2 rings (SSSR count). The standard InChI is InChI=1S/C15H18ClFN2O/c1-19(2)14(15-4-3-7-20-15)10-18-9-11-5-6-12(16)13(17)8-11/h3-8,14,18H,9-10H2,1-2H3. The highest BCUT2D eigenvalue weighted by Gasteiger charge is 2.16. The lowest BCUT2D eigenvalue weighted by molar-refractivity contribution is 0.250. The summed E-state index contributed by atoms with van der Waals surface area (Å²) in [6, 6.07) is 8.81. The van der Waals surface area contributed by atoms with Crippen molar-refractivity contribution in [1.82, 2.24) is 10.2 Å². The average Bonchev–Trinajstić information content (AvgIpc) is 2.92. The molecule has 0 spiro atoms. The van der Waals surface area contributed by atoms with Gasteiger partial charge in [0.15, 0.2) is 0 Å². The van der Waals surface area contributed by atoms with Crippen molar-refractivity contribution in [2.24, 2.45) is 0 Å². The van der Waals surface area contributed by atoms with E-state index in [0.29, 0.717) is 13.1 Å². The summed E-state index contributed by atoms with van der Waals surface area (Å²) in [5, 5.41) is 3.46. The van der Waals surface area contributed by atoms with E-state index in [-0.39, 0.29) is 16.9 Å². The molecule has 2 aromatic rings. The van der Waals surface area contributed by atoms with Crippen molar-refractivity contribution in [2.75, 3.05) is 20.6 Å². The number of rotatable bonds is 6. The molecule has 1 heterocycles. The van der Waals surface area contributed by atoms with Crippen LogP contribution in [0.2, 0.25) is 5.02 Å². The second-order valence-corrected chi connectivity index (χ2v) is 5.28. The van der Waals surface area contributed by atoms with Gasteiger partial charge < -0.3 is 9.73 Å². The van der Waals surface area contributed by atoms with Crippen molar-refractivity contribution < 1.29 is 8.81 Å². The van der Waals surface area contributed by atoms with E-state index >= 15 is 0 Å². The Hall–Kier alpha value is -1.36. The van der Waals surface area contributed by atoms with Gasteiger partial charge in [-0.2, -0.15) is 0 Å². The quantitative estimate of drug-likeness (QED) is 0.885. The van der Waals surface area contributed by atoms with Crippen LogP contribution in [0.4, 0.5) is 4.39 Å². The van der Waals surface area contributed by atoms with Gasteiger partial charge in [0, 0.05) is 13.1 Å². The van der Waals surface area contributed by atoms with Gasteiger partial charge in [-0.15, -0.1) is 0 Å². The van der Waals surface area contributed by atoms with E-state index in [4.69, 9.17) is 16.0 Å². The molecule has 0 bridgehead atoms. The monoisotopic (exact) mass is 296 g/mol.